The highest BCUT2D eigenvalue weighted by Crippen LogP contribution is 2.35. The van der Waals surface area contributed by atoms with Crippen LogP contribution in [0.4, 0.5) is 4.79 Å². The summed E-state index contributed by atoms with van der Waals surface area (Å²) in [5.41, 5.74) is 0.586. The lowest BCUT2D eigenvalue weighted by Gasteiger charge is -2.31. The molecule has 0 aliphatic heterocycles. The molecule has 0 spiro atoms. The molecule has 0 bridgehead atoms. The van der Waals surface area contributed by atoms with Crippen LogP contribution in [0.3, 0.4) is 0 Å². The SMILES string of the molecule is CC(=O)[C@@H](NC(=O)CNC(=O)C(=O)C(CC1CC1)NC(=O)[C@H](CC1CC1)NC(=O)[C@@H](NC(=O)OCC(C)C)C1CCCCC1)c1ccccc1. The summed E-state index contributed by atoms with van der Waals surface area (Å²) < 4.78 is 5.31. The quantitative estimate of drug-likeness (QED) is 0.137. The van der Waals surface area contributed by atoms with Crippen LogP contribution >= 0.6 is 0 Å². The molecule has 1 aromatic carbocycles. The van der Waals surface area contributed by atoms with Gasteiger partial charge in [-0.1, -0.05) is 89.1 Å². The van der Waals surface area contributed by atoms with E-state index in [0.717, 1.165) is 57.8 Å². The van der Waals surface area contributed by atoms with Gasteiger partial charge in [0.05, 0.1) is 19.2 Å². The minimum Gasteiger partial charge on any atom is -0.449 e. The van der Waals surface area contributed by atoms with Gasteiger partial charge in [0.2, 0.25) is 23.5 Å². The van der Waals surface area contributed by atoms with Crippen LogP contribution < -0.4 is 26.6 Å². The number of alkyl carbamates (subject to hydrolysis) is 1. The Morgan fingerprint density at radius 2 is 1.34 bits per heavy atom. The molecule has 5 N–H and O–H groups in total. The Balaban J connectivity index is 1.38. The average molecular weight is 696 g/mol. The number of carbonyl (C=O) groups is 7. The summed E-state index contributed by atoms with van der Waals surface area (Å²) in [6, 6.07) is 4.76. The highest BCUT2D eigenvalue weighted by molar-refractivity contribution is 6.38. The predicted molar refractivity (Wildman–Crippen MR) is 184 cm³/mol. The molecule has 3 fully saturated rings. The van der Waals surface area contributed by atoms with Gasteiger partial charge in [-0.15, -0.1) is 0 Å². The van der Waals surface area contributed by atoms with E-state index in [-0.39, 0.29) is 42.5 Å². The van der Waals surface area contributed by atoms with Gasteiger partial charge in [-0.3, -0.25) is 28.8 Å². The maximum absolute atomic E-state index is 13.8. The number of rotatable bonds is 19. The van der Waals surface area contributed by atoms with Gasteiger partial charge in [-0.05, 0) is 61.8 Å². The second kappa shape index (κ2) is 18.6. The summed E-state index contributed by atoms with van der Waals surface area (Å²) >= 11 is 0. The van der Waals surface area contributed by atoms with Gasteiger partial charge < -0.3 is 31.3 Å². The molecule has 3 saturated carbocycles. The molecule has 4 atom stereocenters. The highest BCUT2D eigenvalue weighted by atomic mass is 16.5. The van der Waals surface area contributed by atoms with Crippen LogP contribution in [0.2, 0.25) is 0 Å². The van der Waals surface area contributed by atoms with E-state index in [1.54, 1.807) is 30.3 Å². The van der Waals surface area contributed by atoms with Crippen molar-refractivity contribution in [2.24, 2.45) is 23.7 Å². The molecule has 0 heterocycles. The molecule has 4 rings (SSSR count). The molecule has 1 unspecified atom stereocenters. The molecular formula is C37H53N5O8. The second-order valence-corrected chi connectivity index (χ2v) is 14.6. The van der Waals surface area contributed by atoms with Gasteiger partial charge >= 0.3 is 6.09 Å². The van der Waals surface area contributed by atoms with Crippen LogP contribution in [0.1, 0.15) is 103 Å². The molecule has 5 amide bonds. The number of hydrogen-bond donors (Lipinski definition) is 5. The molecular weight excluding hydrogens is 642 g/mol. The summed E-state index contributed by atoms with van der Waals surface area (Å²) in [6.07, 6.45) is 7.91. The molecule has 0 aromatic heterocycles. The van der Waals surface area contributed by atoms with Crippen LogP contribution in [-0.2, 0) is 33.5 Å². The molecule has 50 heavy (non-hydrogen) atoms. The predicted octanol–water partition coefficient (Wildman–Crippen LogP) is 3.02. The Bertz CT molecular complexity index is 1370. The van der Waals surface area contributed by atoms with E-state index in [2.05, 4.69) is 26.6 Å². The number of ketones is 2. The van der Waals surface area contributed by atoms with Gasteiger partial charge in [0.15, 0.2) is 5.78 Å². The van der Waals surface area contributed by atoms with E-state index in [4.69, 9.17) is 4.74 Å². The number of benzene rings is 1. The van der Waals surface area contributed by atoms with Crippen LogP contribution in [0, 0.1) is 23.7 Å². The van der Waals surface area contributed by atoms with Crippen molar-refractivity contribution in [3.05, 3.63) is 35.9 Å². The lowest BCUT2D eigenvalue weighted by molar-refractivity contribution is -0.141. The summed E-state index contributed by atoms with van der Waals surface area (Å²) in [5, 5.41) is 13.3. The van der Waals surface area contributed by atoms with Crippen LogP contribution in [0.25, 0.3) is 0 Å². The highest BCUT2D eigenvalue weighted by Gasteiger charge is 2.39. The van der Waals surface area contributed by atoms with Gasteiger partial charge in [-0.2, -0.15) is 0 Å². The van der Waals surface area contributed by atoms with Crippen molar-refractivity contribution in [3.63, 3.8) is 0 Å². The average Bonchev–Trinajstić information content (AvgIpc) is 4.04. The molecule has 3 aliphatic rings. The number of hydrogen-bond acceptors (Lipinski definition) is 8. The minimum atomic E-state index is -1.15. The van der Waals surface area contributed by atoms with Crippen LogP contribution in [-0.4, -0.2) is 72.6 Å². The first-order chi connectivity index (χ1) is 23.9. The molecule has 0 saturated heterocycles. The van der Waals surface area contributed by atoms with Gasteiger partial charge in [0, 0.05) is 0 Å². The molecule has 0 radical (unpaired) electrons. The van der Waals surface area contributed by atoms with E-state index in [1.807, 2.05) is 13.8 Å². The van der Waals surface area contributed by atoms with Crippen molar-refractivity contribution in [1.82, 2.24) is 26.6 Å². The summed E-state index contributed by atoms with van der Waals surface area (Å²) in [6.45, 7) is 4.84. The van der Waals surface area contributed by atoms with Gasteiger partial charge in [0.25, 0.3) is 5.91 Å². The molecule has 13 nitrogen and oxygen atoms in total. The fraction of sp³-hybridized carbons (Fsp3) is 0.649. The minimum absolute atomic E-state index is 0.108. The van der Waals surface area contributed by atoms with E-state index < -0.39 is 66.2 Å². The summed E-state index contributed by atoms with van der Waals surface area (Å²) in [4.78, 5) is 91.3. The topological polar surface area (TPSA) is 189 Å². The third kappa shape index (κ3) is 12.5. The first kappa shape index (κ1) is 38.5. The maximum atomic E-state index is 13.8. The first-order valence-corrected chi connectivity index (χ1v) is 18.1. The monoisotopic (exact) mass is 695 g/mol. The second-order valence-electron chi connectivity index (χ2n) is 14.6. The third-order valence-corrected chi connectivity index (χ3v) is 9.50. The molecule has 3 aliphatic carbocycles. The van der Waals surface area contributed by atoms with Gasteiger partial charge in [0.1, 0.15) is 18.1 Å². The van der Waals surface area contributed by atoms with Crippen molar-refractivity contribution in [2.45, 2.75) is 116 Å². The Labute approximate surface area is 294 Å². The lowest BCUT2D eigenvalue weighted by atomic mass is 9.83. The zero-order valence-corrected chi connectivity index (χ0v) is 29.5. The number of nitrogens with one attached hydrogen (secondary N) is 5. The molecule has 1 aromatic rings. The van der Waals surface area contributed by atoms with Crippen molar-refractivity contribution < 1.29 is 38.3 Å². The number of amides is 5. The largest absolute Gasteiger partial charge is 0.449 e. The van der Waals surface area contributed by atoms with Gasteiger partial charge in [-0.25, -0.2) is 4.79 Å². The van der Waals surface area contributed by atoms with E-state index in [1.165, 1.54) is 6.92 Å². The Morgan fingerprint density at radius 1 is 0.740 bits per heavy atom. The summed E-state index contributed by atoms with van der Waals surface area (Å²) in [5.74, 6) is -3.52. The Hall–Kier alpha value is -4.29. The molecule has 274 valence electrons. The van der Waals surface area contributed by atoms with Crippen LogP contribution in [0.15, 0.2) is 30.3 Å². The zero-order chi connectivity index (χ0) is 36.2. The Kier molecular flexibility index (Phi) is 14.4. The molecule has 13 heteroatoms. The van der Waals surface area contributed by atoms with Crippen molar-refractivity contribution in [2.75, 3.05) is 13.2 Å². The van der Waals surface area contributed by atoms with Crippen molar-refractivity contribution >= 4 is 41.3 Å². The number of Topliss-reactive ketones (excluding diaryl/α,β-unsaturated/α-hetero) is 2. The zero-order valence-electron chi connectivity index (χ0n) is 29.5. The van der Waals surface area contributed by atoms with Crippen LogP contribution in [0.5, 0.6) is 0 Å². The van der Waals surface area contributed by atoms with Crippen molar-refractivity contribution in [3.8, 4) is 0 Å². The first-order valence-electron chi connectivity index (χ1n) is 18.1. The maximum Gasteiger partial charge on any atom is 0.407 e. The summed E-state index contributed by atoms with van der Waals surface area (Å²) in [7, 11) is 0. The standard InChI is InChI=1S/C37H53N5O8/c1-22(2)21-50-37(49)42-32(27-12-8-5-9-13-27)35(47)40-29(19-25-16-17-25)34(46)39-28(18-24-14-15-24)33(45)36(48)38-20-30(44)41-31(23(3)43)26-10-6-4-7-11-26/h4,6-7,10-11,22,24-25,27-29,31-32H,5,8-9,12-21H2,1-3H3,(H,38,48)(H,39,46)(H,40,47)(H,41,44)(H,42,49)/t28?,29-,31+,32-/m0/s1. The third-order valence-electron chi connectivity index (χ3n) is 9.50. The van der Waals surface area contributed by atoms with E-state index >= 15 is 0 Å². The lowest BCUT2D eigenvalue weighted by Crippen LogP contribution is -2.58. The normalized spacial score (nSPS) is 18.5. The fourth-order valence-corrected chi connectivity index (χ4v) is 6.33. The van der Waals surface area contributed by atoms with Crippen molar-refractivity contribution in [1.29, 1.82) is 0 Å². The number of ether oxygens (including phenoxy) is 1. The number of carbonyl (C=O) groups excluding carboxylic acids is 7. The van der Waals surface area contributed by atoms with E-state index in [9.17, 15) is 33.6 Å². The fourth-order valence-electron chi connectivity index (χ4n) is 6.33. The Morgan fingerprint density at radius 3 is 1.92 bits per heavy atom. The van der Waals surface area contributed by atoms with E-state index in [0.29, 0.717) is 12.0 Å². The smallest absolute Gasteiger partial charge is 0.407 e.